The molecule has 3 rings (SSSR count). The van der Waals surface area contributed by atoms with Crippen molar-refractivity contribution >= 4 is 5.91 Å². The molecule has 1 aliphatic heterocycles. The zero-order valence-corrected chi connectivity index (χ0v) is 13.7. The van der Waals surface area contributed by atoms with Crippen LogP contribution in [0, 0.1) is 18.8 Å². The van der Waals surface area contributed by atoms with Gasteiger partial charge < -0.3 is 9.88 Å². The predicted octanol–water partition coefficient (Wildman–Crippen LogP) is 1.34. The molecule has 23 heavy (non-hydrogen) atoms. The van der Waals surface area contributed by atoms with Crippen LogP contribution in [0.25, 0.3) is 0 Å². The van der Waals surface area contributed by atoms with Crippen molar-refractivity contribution in [3.05, 3.63) is 32.1 Å². The molecule has 1 aromatic rings. The van der Waals surface area contributed by atoms with Gasteiger partial charge in [-0.15, -0.1) is 0 Å². The molecule has 0 bridgehead atoms. The van der Waals surface area contributed by atoms with Gasteiger partial charge in [0, 0.05) is 30.8 Å². The monoisotopic (exact) mass is 319 g/mol. The Labute approximate surface area is 135 Å². The molecule has 6 nitrogen and oxygen atoms in total. The third-order valence-electron chi connectivity index (χ3n) is 5.49. The Morgan fingerprint density at radius 1 is 1.13 bits per heavy atom. The zero-order valence-electron chi connectivity index (χ0n) is 13.7. The van der Waals surface area contributed by atoms with Crippen LogP contribution in [-0.4, -0.2) is 33.9 Å². The number of amides is 1. The van der Waals surface area contributed by atoms with E-state index >= 15 is 0 Å². The fourth-order valence-corrected chi connectivity index (χ4v) is 4.14. The van der Waals surface area contributed by atoms with Crippen molar-refractivity contribution in [2.75, 3.05) is 13.1 Å². The van der Waals surface area contributed by atoms with Crippen LogP contribution in [0.1, 0.15) is 49.8 Å². The molecule has 2 fully saturated rings. The van der Waals surface area contributed by atoms with Crippen molar-refractivity contribution in [3.8, 4) is 0 Å². The fourth-order valence-electron chi connectivity index (χ4n) is 4.14. The summed E-state index contributed by atoms with van der Waals surface area (Å²) in [5.41, 5.74) is 0.176. The Bertz CT molecular complexity index is 691. The molecule has 0 spiro atoms. The maximum absolute atomic E-state index is 12.5. The maximum Gasteiger partial charge on any atom is 0.325 e. The minimum Gasteiger partial charge on any atom is -0.342 e. The van der Waals surface area contributed by atoms with Gasteiger partial charge in [0.1, 0.15) is 0 Å². The Morgan fingerprint density at radius 2 is 1.87 bits per heavy atom. The normalized spacial score (nSPS) is 24.3. The van der Waals surface area contributed by atoms with Gasteiger partial charge in [-0.25, -0.2) is 4.79 Å². The number of carbonyl (C=O) groups excluding carboxylic acids is 1. The van der Waals surface area contributed by atoms with E-state index in [0.29, 0.717) is 30.0 Å². The number of rotatable bonds is 3. The lowest BCUT2D eigenvalue weighted by Crippen LogP contribution is -2.45. The minimum atomic E-state index is -0.498. The van der Waals surface area contributed by atoms with E-state index in [1.54, 1.807) is 6.92 Å². The summed E-state index contributed by atoms with van der Waals surface area (Å²) in [7, 11) is 0. The van der Waals surface area contributed by atoms with E-state index in [2.05, 4.69) is 9.97 Å². The van der Waals surface area contributed by atoms with E-state index in [1.807, 2.05) is 4.90 Å². The van der Waals surface area contributed by atoms with Crippen LogP contribution >= 0.6 is 0 Å². The molecule has 126 valence electrons. The number of hydrogen-bond acceptors (Lipinski definition) is 3. The number of aromatic amines is 2. The highest BCUT2D eigenvalue weighted by atomic mass is 16.2. The number of piperidine rings is 1. The summed E-state index contributed by atoms with van der Waals surface area (Å²) in [5.74, 6) is 1.59. The van der Waals surface area contributed by atoms with Crippen LogP contribution < -0.4 is 11.2 Å². The largest absolute Gasteiger partial charge is 0.342 e. The average Bonchev–Trinajstić information content (AvgIpc) is 2.53. The molecular weight excluding hydrogens is 294 g/mol. The van der Waals surface area contributed by atoms with Crippen LogP contribution in [-0.2, 0) is 11.2 Å². The molecule has 2 atom stereocenters. The van der Waals surface area contributed by atoms with Gasteiger partial charge in [-0.2, -0.15) is 0 Å². The highest BCUT2D eigenvalue weighted by Crippen LogP contribution is 2.36. The second-order valence-corrected chi connectivity index (χ2v) is 6.94. The number of fused-ring (bicyclic) bond motifs is 1. The first-order chi connectivity index (χ1) is 11.0. The highest BCUT2D eigenvalue weighted by molar-refractivity contribution is 5.76. The van der Waals surface area contributed by atoms with Gasteiger partial charge in [-0.05, 0) is 38.0 Å². The Kier molecular flexibility index (Phi) is 4.68. The van der Waals surface area contributed by atoms with E-state index in [1.165, 1.54) is 25.7 Å². The highest BCUT2D eigenvalue weighted by Gasteiger charge is 2.32. The summed E-state index contributed by atoms with van der Waals surface area (Å²) in [6.07, 6.45) is 7.01. The molecule has 0 radical (unpaired) electrons. The maximum atomic E-state index is 12.5. The molecule has 0 aromatic carbocycles. The summed E-state index contributed by atoms with van der Waals surface area (Å²) in [5, 5.41) is 0. The van der Waals surface area contributed by atoms with Crippen LogP contribution in [0.4, 0.5) is 0 Å². The lowest BCUT2D eigenvalue weighted by atomic mass is 9.75. The zero-order chi connectivity index (χ0) is 16.4. The summed E-state index contributed by atoms with van der Waals surface area (Å²) >= 11 is 0. The van der Waals surface area contributed by atoms with E-state index in [0.717, 1.165) is 25.4 Å². The van der Waals surface area contributed by atoms with Crippen LogP contribution in [0.3, 0.4) is 0 Å². The lowest BCUT2D eigenvalue weighted by Gasteiger charge is -2.41. The Hall–Kier alpha value is -1.85. The molecule has 6 heteroatoms. The van der Waals surface area contributed by atoms with Gasteiger partial charge in [0.2, 0.25) is 5.91 Å². The van der Waals surface area contributed by atoms with E-state index in [-0.39, 0.29) is 11.5 Å². The molecular formula is C17H25N3O3. The first-order valence-corrected chi connectivity index (χ1v) is 8.64. The van der Waals surface area contributed by atoms with Crippen molar-refractivity contribution in [1.82, 2.24) is 14.9 Å². The van der Waals surface area contributed by atoms with Crippen molar-refractivity contribution in [2.24, 2.45) is 11.8 Å². The number of aryl methyl sites for hydroxylation is 1. The van der Waals surface area contributed by atoms with Gasteiger partial charge in [0.05, 0.1) is 0 Å². The molecule has 0 unspecified atom stereocenters. The topological polar surface area (TPSA) is 86.0 Å². The predicted molar refractivity (Wildman–Crippen MR) is 87.4 cm³/mol. The van der Waals surface area contributed by atoms with Crippen molar-refractivity contribution in [1.29, 1.82) is 0 Å². The molecule has 2 N–H and O–H groups in total. The summed E-state index contributed by atoms with van der Waals surface area (Å²) in [4.78, 5) is 42.3. The van der Waals surface area contributed by atoms with Crippen LogP contribution in [0.5, 0.6) is 0 Å². The second kappa shape index (κ2) is 6.72. The summed E-state index contributed by atoms with van der Waals surface area (Å²) < 4.78 is 0. The van der Waals surface area contributed by atoms with Crippen molar-refractivity contribution < 1.29 is 4.79 Å². The van der Waals surface area contributed by atoms with Gasteiger partial charge in [0.25, 0.3) is 5.56 Å². The summed E-state index contributed by atoms with van der Waals surface area (Å²) in [6, 6.07) is 0. The third kappa shape index (κ3) is 3.57. The molecule has 1 saturated heterocycles. The standard InChI is InChI=1S/C17H25N3O3/c1-11-14(16(22)19-17(23)18-11)6-7-15(21)20-9-8-12-4-2-3-5-13(12)10-20/h12-13H,2-10H2,1H3,(H2,18,19,22,23)/t12-,13-/m0/s1. The number of nitrogens with zero attached hydrogens (tertiary/aromatic N) is 1. The molecule has 1 saturated carbocycles. The smallest absolute Gasteiger partial charge is 0.325 e. The van der Waals surface area contributed by atoms with Crippen LogP contribution in [0.15, 0.2) is 9.59 Å². The van der Waals surface area contributed by atoms with Crippen molar-refractivity contribution in [3.63, 3.8) is 0 Å². The SMILES string of the molecule is Cc1[nH]c(=O)[nH]c(=O)c1CCC(=O)N1CC[C@@H]2CCCC[C@H]2C1. The van der Waals surface area contributed by atoms with E-state index in [4.69, 9.17) is 0 Å². The van der Waals surface area contributed by atoms with Gasteiger partial charge in [-0.1, -0.05) is 19.3 Å². The van der Waals surface area contributed by atoms with Crippen molar-refractivity contribution in [2.45, 2.75) is 51.9 Å². The van der Waals surface area contributed by atoms with E-state index in [9.17, 15) is 14.4 Å². The molecule has 2 heterocycles. The Balaban J connectivity index is 1.60. The third-order valence-corrected chi connectivity index (χ3v) is 5.49. The van der Waals surface area contributed by atoms with E-state index < -0.39 is 5.69 Å². The number of aromatic nitrogens is 2. The van der Waals surface area contributed by atoms with Gasteiger partial charge in [0.15, 0.2) is 0 Å². The number of nitrogens with one attached hydrogen (secondary N) is 2. The quantitative estimate of drug-likeness (QED) is 0.881. The Morgan fingerprint density at radius 3 is 2.61 bits per heavy atom. The molecule has 2 aliphatic rings. The molecule has 1 amide bonds. The number of H-pyrrole nitrogens is 2. The van der Waals surface area contributed by atoms with Crippen LogP contribution in [0.2, 0.25) is 0 Å². The van der Waals surface area contributed by atoms with Gasteiger partial charge >= 0.3 is 5.69 Å². The second-order valence-electron chi connectivity index (χ2n) is 6.94. The number of hydrogen-bond donors (Lipinski definition) is 2. The minimum absolute atomic E-state index is 0.124. The first kappa shape index (κ1) is 16.0. The lowest BCUT2D eigenvalue weighted by molar-refractivity contribution is -0.134. The molecule has 1 aromatic heterocycles. The average molecular weight is 319 g/mol. The summed E-state index contributed by atoms with van der Waals surface area (Å²) in [6.45, 7) is 3.43. The molecule has 1 aliphatic carbocycles. The fraction of sp³-hybridized carbons (Fsp3) is 0.706. The van der Waals surface area contributed by atoms with Gasteiger partial charge in [-0.3, -0.25) is 14.6 Å². The number of likely N-dealkylation sites (tertiary alicyclic amines) is 1. The number of carbonyl (C=O) groups is 1. The first-order valence-electron chi connectivity index (χ1n) is 8.64.